The lowest BCUT2D eigenvalue weighted by molar-refractivity contribution is 0.166. The van der Waals surface area contributed by atoms with Crippen LogP contribution in [-0.2, 0) is 13.0 Å². The van der Waals surface area contributed by atoms with Crippen LogP contribution in [0.4, 0.5) is 0 Å². The summed E-state index contributed by atoms with van der Waals surface area (Å²) in [6.07, 6.45) is 11.4. The van der Waals surface area contributed by atoms with Crippen molar-refractivity contribution in [2.24, 2.45) is 0 Å². The van der Waals surface area contributed by atoms with E-state index in [1.165, 1.54) is 12.0 Å². The van der Waals surface area contributed by atoms with Gasteiger partial charge in [0.2, 0.25) is 0 Å². The Hall–Kier alpha value is -1.02. The molecule has 15 heavy (non-hydrogen) atoms. The van der Waals surface area contributed by atoms with Gasteiger partial charge in [0, 0.05) is 24.5 Å². The number of aromatic nitrogens is 1. The van der Waals surface area contributed by atoms with Crippen molar-refractivity contribution in [2.75, 3.05) is 0 Å². The summed E-state index contributed by atoms with van der Waals surface area (Å²) in [4.78, 5) is 0. The molecule has 82 valence electrons. The average Bonchev–Trinajstić information content (AvgIpc) is 2.57. The van der Waals surface area contributed by atoms with E-state index in [-0.39, 0.29) is 6.10 Å². The van der Waals surface area contributed by atoms with Crippen molar-refractivity contribution >= 4 is 0 Å². The van der Waals surface area contributed by atoms with Crippen LogP contribution in [0.2, 0.25) is 0 Å². The van der Waals surface area contributed by atoms with E-state index >= 15 is 0 Å². The first kappa shape index (κ1) is 10.5. The van der Waals surface area contributed by atoms with Crippen LogP contribution in [0.3, 0.4) is 0 Å². The van der Waals surface area contributed by atoms with Crippen LogP contribution in [-0.4, -0.2) is 9.67 Å². The number of nitrogens with zero attached hydrogens (tertiary/aromatic N) is 1. The molecule has 1 atom stereocenters. The van der Waals surface area contributed by atoms with E-state index in [0.29, 0.717) is 0 Å². The van der Waals surface area contributed by atoms with E-state index in [1.807, 2.05) is 6.08 Å². The van der Waals surface area contributed by atoms with E-state index in [2.05, 4.69) is 23.5 Å². The molecule has 1 aromatic rings. The Morgan fingerprint density at radius 2 is 2.33 bits per heavy atom. The first-order chi connectivity index (χ1) is 7.31. The highest BCUT2D eigenvalue weighted by Gasteiger charge is 2.17. The fraction of sp³-hybridized carbons (Fsp3) is 0.538. The van der Waals surface area contributed by atoms with Gasteiger partial charge in [-0.05, 0) is 31.2 Å². The van der Waals surface area contributed by atoms with Gasteiger partial charge in [0.15, 0.2) is 0 Å². The van der Waals surface area contributed by atoms with E-state index in [4.69, 9.17) is 0 Å². The van der Waals surface area contributed by atoms with E-state index in [1.54, 1.807) is 0 Å². The van der Waals surface area contributed by atoms with Crippen molar-refractivity contribution in [1.82, 2.24) is 4.57 Å². The summed E-state index contributed by atoms with van der Waals surface area (Å²) in [5, 5.41) is 9.95. The molecule has 0 aromatic carbocycles. The first-order valence-corrected chi connectivity index (χ1v) is 5.79. The molecular formula is C13H19NO. The van der Waals surface area contributed by atoms with E-state index in [9.17, 15) is 5.11 Å². The predicted octanol–water partition coefficient (Wildman–Crippen LogP) is 2.82. The van der Waals surface area contributed by atoms with Gasteiger partial charge in [0.25, 0.3) is 0 Å². The van der Waals surface area contributed by atoms with Gasteiger partial charge >= 0.3 is 0 Å². The number of allylic oxidation sites excluding steroid dienone is 1. The number of aliphatic hydroxyl groups excluding tert-OH is 1. The molecule has 0 amide bonds. The standard InChI is InChI=1S/C13H19NO/c1-2-3-8-14-9-11-6-4-5-7-13(15)12(11)10-14/h2,9-10,13,15H,1,3-8H2. The summed E-state index contributed by atoms with van der Waals surface area (Å²) in [5.74, 6) is 0. The Bertz CT molecular complexity index is 340. The molecule has 0 bridgehead atoms. The van der Waals surface area contributed by atoms with Gasteiger partial charge < -0.3 is 9.67 Å². The van der Waals surface area contributed by atoms with Crippen molar-refractivity contribution in [3.8, 4) is 0 Å². The number of aryl methyl sites for hydroxylation is 2. The van der Waals surface area contributed by atoms with Crippen molar-refractivity contribution < 1.29 is 5.11 Å². The fourth-order valence-corrected chi connectivity index (χ4v) is 2.26. The molecule has 2 heteroatoms. The Kier molecular flexibility index (Phi) is 3.27. The molecule has 2 nitrogen and oxygen atoms in total. The van der Waals surface area contributed by atoms with Gasteiger partial charge in [-0.2, -0.15) is 0 Å². The molecule has 0 aliphatic heterocycles. The van der Waals surface area contributed by atoms with Crippen LogP contribution < -0.4 is 0 Å². The smallest absolute Gasteiger partial charge is 0.0807 e. The van der Waals surface area contributed by atoms with Gasteiger partial charge in [-0.25, -0.2) is 0 Å². The maximum Gasteiger partial charge on any atom is 0.0807 e. The molecule has 1 heterocycles. The largest absolute Gasteiger partial charge is 0.388 e. The summed E-state index contributed by atoms with van der Waals surface area (Å²) < 4.78 is 2.18. The highest BCUT2D eigenvalue weighted by Crippen LogP contribution is 2.29. The second-order valence-corrected chi connectivity index (χ2v) is 4.32. The van der Waals surface area contributed by atoms with Crippen LogP contribution in [0.1, 0.15) is 42.9 Å². The maximum absolute atomic E-state index is 9.95. The van der Waals surface area contributed by atoms with Crippen LogP contribution >= 0.6 is 0 Å². The molecule has 1 aliphatic carbocycles. The third-order valence-electron chi connectivity index (χ3n) is 3.12. The van der Waals surface area contributed by atoms with Crippen LogP contribution in [0.15, 0.2) is 25.0 Å². The molecular weight excluding hydrogens is 186 g/mol. The van der Waals surface area contributed by atoms with Crippen LogP contribution in [0, 0.1) is 0 Å². The normalized spacial score (nSPS) is 20.7. The quantitative estimate of drug-likeness (QED) is 0.595. The Morgan fingerprint density at radius 1 is 1.47 bits per heavy atom. The lowest BCUT2D eigenvalue weighted by Gasteiger charge is -2.06. The van der Waals surface area contributed by atoms with E-state index < -0.39 is 0 Å². The summed E-state index contributed by atoms with van der Waals surface area (Å²) >= 11 is 0. The second kappa shape index (κ2) is 4.67. The predicted molar refractivity (Wildman–Crippen MR) is 61.8 cm³/mol. The van der Waals surface area contributed by atoms with Crippen molar-refractivity contribution in [3.05, 3.63) is 36.2 Å². The maximum atomic E-state index is 9.95. The molecule has 0 saturated heterocycles. The minimum atomic E-state index is -0.243. The Morgan fingerprint density at radius 3 is 3.13 bits per heavy atom. The second-order valence-electron chi connectivity index (χ2n) is 4.32. The molecule has 0 spiro atoms. The molecule has 2 rings (SSSR count). The first-order valence-electron chi connectivity index (χ1n) is 5.79. The zero-order valence-electron chi connectivity index (χ0n) is 9.15. The topological polar surface area (TPSA) is 25.2 Å². The highest BCUT2D eigenvalue weighted by atomic mass is 16.3. The zero-order chi connectivity index (χ0) is 10.7. The third-order valence-corrected chi connectivity index (χ3v) is 3.12. The van der Waals surface area contributed by atoms with Crippen molar-refractivity contribution in [2.45, 2.75) is 44.8 Å². The minimum Gasteiger partial charge on any atom is -0.388 e. The SMILES string of the molecule is C=CCCn1cc2c(c1)C(O)CCCC2. The highest BCUT2D eigenvalue weighted by molar-refractivity contribution is 5.27. The number of aliphatic hydroxyl groups is 1. The number of fused-ring (bicyclic) bond motifs is 1. The Balaban J connectivity index is 2.17. The Labute approximate surface area is 91.2 Å². The zero-order valence-corrected chi connectivity index (χ0v) is 9.15. The van der Waals surface area contributed by atoms with Gasteiger partial charge in [-0.3, -0.25) is 0 Å². The molecule has 1 unspecified atom stereocenters. The van der Waals surface area contributed by atoms with Gasteiger partial charge in [-0.15, -0.1) is 6.58 Å². The molecule has 1 N–H and O–H groups in total. The summed E-state index contributed by atoms with van der Waals surface area (Å²) in [7, 11) is 0. The van der Waals surface area contributed by atoms with Gasteiger partial charge in [0.05, 0.1) is 6.10 Å². The number of hydrogen-bond donors (Lipinski definition) is 1. The minimum absolute atomic E-state index is 0.243. The van der Waals surface area contributed by atoms with Crippen molar-refractivity contribution in [1.29, 1.82) is 0 Å². The molecule has 0 saturated carbocycles. The molecule has 0 radical (unpaired) electrons. The molecule has 1 aromatic heterocycles. The van der Waals surface area contributed by atoms with Crippen molar-refractivity contribution in [3.63, 3.8) is 0 Å². The lowest BCUT2D eigenvalue weighted by atomic mass is 10.1. The summed E-state index contributed by atoms with van der Waals surface area (Å²) in [5.41, 5.74) is 2.49. The average molecular weight is 205 g/mol. The van der Waals surface area contributed by atoms with E-state index in [0.717, 1.165) is 37.8 Å². The van der Waals surface area contributed by atoms with Gasteiger partial charge in [0.1, 0.15) is 0 Å². The van der Waals surface area contributed by atoms with Crippen LogP contribution in [0.5, 0.6) is 0 Å². The van der Waals surface area contributed by atoms with Gasteiger partial charge in [-0.1, -0.05) is 12.5 Å². The molecule has 1 aliphatic rings. The fourth-order valence-electron chi connectivity index (χ4n) is 2.26. The summed E-state index contributed by atoms with van der Waals surface area (Å²) in [6, 6.07) is 0. The number of hydrogen-bond acceptors (Lipinski definition) is 1. The lowest BCUT2D eigenvalue weighted by Crippen LogP contribution is -1.96. The summed E-state index contributed by atoms with van der Waals surface area (Å²) in [6.45, 7) is 4.70. The third kappa shape index (κ3) is 2.32. The van der Waals surface area contributed by atoms with Crippen LogP contribution in [0.25, 0.3) is 0 Å². The number of rotatable bonds is 3. The monoisotopic (exact) mass is 205 g/mol. The molecule has 0 fully saturated rings.